The van der Waals surface area contributed by atoms with E-state index in [1.54, 1.807) is 7.11 Å². The Morgan fingerprint density at radius 3 is 2.36 bits per heavy atom. The molecule has 3 aromatic rings. The molecule has 0 aromatic heterocycles. The highest BCUT2D eigenvalue weighted by Crippen LogP contribution is 2.28. The van der Waals surface area contributed by atoms with E-state index in [1.807, 2.05) is 77.4 Å². The van der Waals surface area contributed by atoms with E-state index in [0.717, 1.165) is 21.9 Å². The van der Waals surface area contributed by atoms with Gasteiger partial charge in [-0.2, -0.15) is 0 Å². The van der Waals surface area contributed by atoms with Gasteiger partial charge in [0.25, 0.3) is 5.91 Å². The molecule has 0 N–H and O–H groups in total. The maximum atomic E-state index is 13.1. The van der Waals surface area contributed by atoms with Crippen LogP contribution in [-0.4, -0.2) is 61.5 Å². The summed E-state index contributed by atoms with van der Waals surface area (Å²) in [6, 6.07) is 19.5. The molecule has 1 heterocycles. The highest BCUT2D eigenvalue weighted by molar-refractivity contribution is 6.07. The first-order valence-corrected chi connectivity index (χ1v) is 11.4. The number of fused-ring (bicyclic) bond motifs is 1. The molecule has 6 heteroatoms. The Labute approximate surface area is 194 Å². The van der Waals surface area contributed by atoms with Crippen LogP contribution in [-0.2, 0) is 11.2 Å². The maximum absolute atomic E-state index is 13.1. The van der Waals surface area contributed by atoms with Crippen LogP contribution in [0.1, 0.15) is 29.3 Å². The number of piperazine rings is 1. The summed E-state index contributed by atoms with van der Waals surface area (Å²) in [5, 5.41) is 2.03. The number of benzene rings is 3. The highest BCUT2D eigenvalue weighted by Gasteiger charge is 2.25. The van der Waals surface area contributed by atoms with Crippen molar-refractivity contribution in [2.45, 2.75) is 19.8 Å². The Balaban J connectivity index is 1.32. The van der Waals surface area contributed by atoms with Crippen LogP contribution >= 0.6 is 0 Å². The zero-order chi connectivity index (χ0) is 23.2. The van der Waals surface area contributed by atoms with E-state index in [9.17, 15) is 9.59 Å². The molecule has 1 fully saturated rings. The first kappa shape index (κ1) is 22.6. The number of methoxy groups -OCH3 is 1. The lowest BCUT2D eigenvalue weighted by Gasteiger charge is -2.35. The van der Waals surface area contributed by atoms with Gasteiger partial charge in [-0.3, -0.25) is 9.59 Å². The molecular formula is C27H30N2O4. The number of nitrogens with zero attached hydrogens (tertiary/aromatic N) is 2. The van der Waals surface area contributed by atoms with E-state index in [2.05, 4.69) is 0 Å². The Morgan fingerprint density at radius 2 is 1.61 bits per heavy atom. The molecule has 6 nitrogen and oxygen atoms in total. The molecule has 0 aliphatic carbocycles. The van der Waals surface area contributed by atoms with Crippen molar-refractivity contribution >= 4 is 22.6 Å². The lowest BCUT2D eigenvalue weighted by molar-refractivity contribution is -0.132. The van der Waals surface area contributed by atoms with E-state index < -0.39 is 0 Å². The summed E-state index contributed by atoms with van der Waals surface area (Å²) in [5.74, 6) is 1.53. The summed E-state index contributed by atoms with van der Waals surface area (Å²) in [4.78, 5) is 29.6. The maximum Gasteiger partial charge on any atom is 0.254 e. The third-order valence-corrected chi connectivity index (χ3v) is 6.10. The summed E-state index contributed by atoms with van der Waals surface area (Å²) in [6.45, 7) is 4.71. The van der Waals surface area contributed by atoms with Gasteiger partial charge in [0.15, 0.2) is 11.5 Å². The predicted octanol–water partition coefficient (Wildman–Crippen LogP) is 4.16. The van der Waals surface area contributed by atoms with Gasteiger partial charge in [0.05, 0.1) is 13.7 Å². The monoisotopic (exact) mass is 446 g/mol. The summed E-state index contributed by atoms with van der Waals surface area (Å²) < 4.78 is 11.0. The quantitative estimate of drug-likeness (QED) is 0.547. The van der Waals surface area contributed by atoms with Crippen molar-refractivity contribution in [3.05, 3.63) is 71.8 Å². The van der Waals surface area contributed by atoms with Crippen molar-refractivity contribution in [2.24, 2.45) is 0 Å². The fourth-order valence-electron chi connectivity index (χ4n) is 4.29. The van der Waals surface area contributed by atoms with Crippen LogP contribution < -0.4 is 9.47 Å². The average molecular weight is 447 g/mol. The zero-order valence-corrected chi connectivity index (χ0v) is 19.3. The molecular weight excluding hydrogens is 416 g/mol. The van der Waals surface area contributed by atoms with E-state index in [4.69, 9.17) is 9.47 Å². The number of hydrogen-bond acceptors (Lipinski definition) is 4. The Bertz CT molecular complexity index is 1130. The minimum absolute atomic E-state index is 0.0281. The summed E-state index contributed by atoms with van der Waals surface area (Å²) in [7, 11) is 1.62. The standard InChI is InChI=1S/C27H30N2O4/c1-3-33-24-13-11-20(19-25(24)32-2)12-14-26(30)28-15-17-29(18-16-28)27(31)23-10-6-8-21-7-4-5-9-22(21)23/h4-11,13,19H,3,12,14-18H2,1-2H3. The number of aryl methyl sites for hydroxylation is 1. The molecule has 4 rings (SSSR count). The van der Waals surface area contributed by atoms with Crippen LogP contribution in [0.4, 0.5) is 0 Å². The van der Waals surface area contributed by atoms with Crippen LogP contribution in [0.15, 0.2) is 60.7 Å². The molecule has 0 saturated carbocycles. The minimum atomic E-state index is 0.0281. The van der Waals surface area contributed by atoms with Crippen LogP contribution in [0, 0.1) is 0 Å². The lowest BCUT2D eigenvalue weighted by Crippen LogP contribution is -2.50. The first-order valence-electron chi connectivity index (χ1n) is 11.4. The SMILES string of the molecule is CCOc1ccc(CCC(=O)N2CCN(C(=O)c3cccc4ccccc34)CC2)cc1OC. The van der Waals surface area contributed by atoms with Crippen molar-refractivity contribution in [2.75, 3.05) is 39.9 Å². The molecule has 1 aliphatic heterocycles. The van der Waals surface area contributed by atoms with Crippen LogP contribution in [0.5, 0.6) is 11.5 Å². The molecule has 0 radical (unpaired) electrons. The van der Waals surface area contributed by atoms with Crippen molar-refractivity contribution in [3.8, 4) is 11.5 Å². The molecule has 0 atom stereocenters. The molecule has 172 valence electrons. The topological polar surface area (TPSA) is 59.1 Å². The number of rotatable bonds is 7. The van der Waals surface area contributed by atoms with Gasteiger partial charge >= 0.3 is 0 Å². The number of hydrogen-bond donors (Lipinski definition) is 0. The fraction of sp³-hybridized carbons (Fsp3) is 0.333. The number of ether oxygens (including phenoxy) is 2. The van der Waals surface area contributed by atoms with Crippen LogP contribution in [0.25, 0.3) is 10.8 Å². The van der Waals surface area contributed by atoms with E-state index in [1.165, 1.54) is 0 Å². The van der Waals surface area contributed by atoms with Gasteiger partial charge in [0, 0.05) is 38.2 Å². The Kier molecular flexibility index (Phi) is 7.13. The molecule has 1 saturated heterocycles. The van der Waals surface area contributed by atoms with E-state index >= 15 is 0 Å². The minimum Gasteiger partial charge on any atom is -0.493 e. The number of carbonyl (C=O) groups is 2. The number of amides is 2. The highest BCUT2D eigenvalue weighted by atomic mass is 16.5. The smallest absolute Gasteiger partial charge is 0.254 e. The van der Waals surface area contributed by atoms with Gasteiger partial charge in [-0.1, -0.05) is 42.5 Å². The molecule has 0 unspecified atom stereocenters. The van der Waals surface area contributed by atoms with Gasteiger partial charge in [0.2, 0.25) is 5.91 Å². The van der Waals surface area contributed by atoms with Crippen molar-refractivity contribution in [1.29, 1.82) is 0 Å². The van der Waals surface area contributed by atoms with Gasteiger partial charge in [-0.25, -0.2) is 0 Å². The summed E-state index contributed by atoms with van der Waals surface area (Å²) in [6.07, 6.45) is 1.06. The summed E-state index contributed by atoms with van der Waals surface area (Å²) >= 11 is 0. The van der Waals surface area contributed by atoms with Crippen molar-refractivity contribution in [1.82, 2.24) is 9.80 Å². The normalized spacial score (nSPS) is 13.8. The zero-order valence-electron chi connectivity index (χ0n) is 19.3. The molecule has 33 heavy (non-hydrogen) atoms. The molecule has 0 bridgehead atoms. The van der Waals surface area contributed by atoms with Crippen LogP contribution in [0.2, 0.25) is 0 Å². The van der Waals surface area contributed by atoms with Gasteiger partial charge in [-0.05, 0) is 47.9 Å². The van der Waals surface area contributed by atoms with Crippen LogP contribution in [0.3, 0.4) is 0 Å². The second-order valence-electron chi connectivity index (χ2n) is 8.12. The third kappa shape index (κ3) is 5.11. The second-order valence-corrected chi connectivity index (χ2v) is 8.12. The van der Waals surface area contributed by atoms with E-state index in [-0.39, 0.29) is 11.8 Å². The fourth-order valence-corrected chi connectivity index (χ4v) is 4.29. The Hall–Kier alpha value is -3.54. The van der Waals surface area contributed by atoms with Gasteiger partial charge in [-0.15, -0.1) is 0 Å². The molecule has 0 spiro atoms. The average Bonchev–Trinajstić information content (AvgIpc) is 2.87. The first-order chi connectivity index (χ1) is 16.1. The lowest BCUT2D eigenvalue weighted by atomic mass is 10.0. The van der Waals surface area contributed by atoms with Crippen molar-refractivity contribution in [3.63, 3.8) is 0 Å². The Morgan fingerprint density at radius 1 is 0.879 bits per heavy atom. The molecule has 1 aliphatic rings. The van der Waals surface area contributed by atoms with Crippen molar-refractivity contribution < 1.29 is 19.1 Å². The largest absolute Gasteiger partial charge is 0.493 e. The summed E-state index contributed by atoms with van der Waals surface area (Å²) in [5.41, 5.74) is 1.76. The van der Waals surface area contributed by atoms with Gasteiger partial charge < -0.3 is 19.3 Å². The predicted molar refractivity (Wildman–Crippen MR) is 129 cm³/mol. The third-order valence-electron chi connectivity index (χ3n) is 6.10. The molecule has 3 aromatic carbocycles. The van der Waals surface area contributed by atoms with Gasteiger partial charge in [0.1, 0.15) is 0 Å². The van der Waals surface area contributed by atoms with E-state index in [0.29, 0.717) is 57.1 Å². The number of carbonyl (C=O) groups excluding carboxylic acids is 2. The second kappa shape index (κ2) is 10.4. The molecule has 2 amide bonds.